The Bertz CT molecular complexity index is 1230. The SMILES string of the molecule is CC(C)=CC1CC(C)(C=Cc2cccc3cc[nH]c23)c2cc3[nH]ccc3cc21. The molecule has 2 N–H and O–H groups in total. The molecule has 0 radical (unpaired) electrons. The van der Waals surface area contributed by atoms with Crippen molar-refractivity contribution in [3.8, 4) is 0 Å². The van der Waals surface area contributed by atoms with E-state index in [1.54, 1.807) is 0 Å². The van der Waals surface area contributed by atoms with E-state index in [0.717, 1.165) is 6.42 Å². The number of aromatic nitrogens is 2. The molecule has 2 unspecified atom stereocenters. The van der Waals surface area contributed by atoms with Gasteiger partial charge in [0, 0.05) is 29.2 Å². The Morgan fingerprint density at radius 1 is 1.04 bits per heavy atom. The van der Waals surface area contributed by atoms with Crippen LogP contribution >= 0.6 is 0 Å². The Labute approximate surface area is 166 Å². The fraction of sp³-hybridized carbons (Fsp3) is 0.231. The highest BCUT2D eigenvalue weighted by Gasteiger charge is 2.38. The van der Waals surface area contributed by atoms with Crippen molar-refractivity contribution in [3.63, 3.8) is 0 Å². The van der Waals surface area contributed by atoms with Crippen LogP contribution in [0, 0.1) is 0 Å². The number of hydrogen-bond acceptors (Lipinski definition) is 0. The smallest absolute Gasteiger partial charge is 0.0527 e. The van der Waals surface area contributed by atoms with Crippen molar-refractivity contribution < 1.29 is 0 Å². The molecular formula is C26H26N2. The number of hydrogen-bond donors (Lipinski definition) is 2. The third-order valence-electron chi connectivity index (χ3n) is 6.17. The summed E-state index contributed by atoms with van der Waals surface area (Å²) >= 11 is 0. The summed E-state index contributed by atoms with van der Waals surface area (Å²) in [5.41, 5.74) is 7.99. The zero-order chi connectivity index (χ0) is 19.3. The number of benzene rings is 2. The van der Waals surface area contributed by atoms with Gasteiger partial charge in [0.1, 0.15) is 0 Å². The van der Waals surface area contributed by atoms with E-state index in [0.29, 0.717) is 5.92 Å². The van der Waals surface area contributed by atoms with Crippen LogP contribution < -0.4 is 0 Å². The number of rotatable bonds is 3. The largest absolute Gasteiger partial charge is 0.361 e. The molecule has 0 fully saturated rings. The summed E-state index contributed by atoms with van der Waals surface area (Å²) in [5.74, 6) is 0.468. The van der Waals surface area contributed by atoms with Gasteiger partial charge in [-0.25, -0.2) is 0 Å². The normalized spacial score (nSPS) is 21.6. The van der Waals surface area contributed by atoms with E-state index in [2.05, 4.69) is 91.4 Å². The van der Waals surface area contributed by atoms with Crippen LogP contribution in [0.2, 0.25) is 0 Å². The summed E-state index contributed by atoms with van der Waals surface area (Å²) in [7, 11) is 0. The average Bonchev–Trinajstić information content (AvgIpc) is 3.37. The van der Waals surface area contributed by atoms with Crippen LogP contribution in [0.1, 0.15) is 49.8 Å². The lowest BCUT2D eigenvalue weighted by molar-refractivity contribution is 0.566. The molecule has 4 aromatic rings. The summed E-state index contributed by atoms with van der Waals surface area (Å²) < 4.78 is 0. The lowest BCUT2D eigenvalue weighted by atomic mass is 9.82. The molecule has 1 aliphatic carbocycles. The molecule has 1 aliphatic rings. The molecule has 0 spiro atoms. The number of H-pyrrole nitrogens is 2. The molecule has 0 bridgehead atoms. The number of fused-ring (bicyclic) bond motifs is 3. The van der Waals surface area contributed by atoms with Gasteiger partial charge in [-0.3, -0.25) is 0 Å². The highest BCUT2D eigenvalue weighted by Crippen LogP contribution is 2.49. The van der Waals surface area contributed by atoms with E-state index in [1.807, 2.05) is 12.4 Å². The van der Waals surface area contributed by atoms with Gasteiger partial charge < -0.3 is 9.97 Å². The third kappa shape index (κ3) is 2.72. The third-order valence-corrected chi connectivity index (χ3v) is 6.17. The first kappa shape index (κ1) is 17.1. The maximum Gasteiger partial charge on any atom is 0.0527 e. The summed E-state index contributed by atoms with van der Waals surface area (Å²) in [6, 6.07) is 15.5. The number of allylic oxidation sites excluding steroid dienone is 3. The van der Waals surface area contributed by atoms with Gasteiger partial charge in [0.05, 0.1) is 5.52 Å². The van der Waals surface area contributed by atoms with Gasteiger partial charge in [0.25, 0.3) is 0 Å². The molecule has 2 aromatic carbocycles. The second-order valence-corrected chi connectivity index (χ2v) is 8.60. The van der Waals surface area contributed by atoms with Crippen LogP contribution in [-0.2, 0) is 5.41 Å². The van der Waals surface area contributed by atoms with Crippen molar-refractivity contribution in [1.29, 1.82) is 0 Å². The fourth-order valence-electron chi connectivity index (χ4n) is 4.83. The first-order valence-corrected chi connectivity index (χ1v) is 10.1. The Balaban J connectivity index is 1.63. The predicted octanol–water partition coefficient (Wildman–Crippen LogP) is 7.07. The molecule has 0 saturated heterocycles. The number of aromatic amines is 2. The van der Waals surface area contributed by atoms with E-state index < -0.39 is 0 Å². The molecule has 2 aromatic heterocycles. The Hall–Kier alpha value is -3.00. The van der Waals surface area contributed by atoms with E-state index in [-0.39, 0.29) is 5.41 Å². The van der Waals surface area contributed by atoms with Crippen LogP contribution in [0.15, 0.2) is 72.6 Å². The van der Waals surface area contributed by atoms with Crippen LogP contribution in [0.4, 0.5) is 0 Å². The summed E-state index contributed by atoms with van der Waals surface area (Å²) in [4.78, 5) is 6.78. The fourth-order valence-corrected chi connectivity index (χ4v) is 4.83. The molecular weight excluding hydrogens is 340 g/mol. The molecule has 28 heavy (non-hydrogen) atoms. The van der Waals surface area contributed by atoms with Crippen molar-refractivity contribution in [2.45, 2.75) is 38.5 Å². The minimum absolute atomic E-state index is 0.0139. The highest BCUT2D eigenvalue weighted by molar-refractivity contribution is 5.88. The summed E-state index contributed by atoms with van der Waals surface area (Å²) in [6.07, 6.45) is 12.3. The minimum Gasteiger partial charge on any atom is -0.361 e. The lowest BCUT2D eigenvalue weighted by Gasteiger charge is -2.21. The number of nitrogens with one attached hydrogen (secondary N) is 2. The van der Waals surface area contributed by atoms with Crippen LogP contribution in [-0.4, -0.2) is 9.97 Å². The molecule has 140 valence electrons. The summed E-state index contributed by atoms with van der Waals surface area (Å²) in [5, 5.41) is 2.56. The van der Waals surface area contributed by atoms with Crippen LogP contribution in [0.25, 0.3) is 27.9 Å². The first-order chi connectivity index (χ1) is 13.5. The standard InChI is InChI=1S/C26H26N2/c1-17(2)13-21-16-26(3,23-15-24-20(9-11-27-24)14-22(21)23)10-7-18-5-4-6-19-8-12-28-25(18)19/h4-15,21,27-28H,16H2,1-3H3. The Morgan fingerprint density at radius 3 is 2.71 bits per heavy atom. The number of para-hydroxylation sites is 1. The monoisotopic (exact) mass is 366 g/mol. The topological polar surface area (TPSA) is 31.6 Å². The maximum absolute atomic E-state index is 3.39. The van der Waals surface area contributed by atoms with Crippen molar-refractivity contribution in [1.82, 2.24) is 9.97 Å². The Morgan fingerprint density at radius 2 is 1.86 bits per heavy atom. The van der Waals surface area contributed by atoms with Crippen LogP contribution in [0.5, 0.6) is 0 Å². The van der Waals surface area contributed by atoms with E-state index in [9.17, 15) is 0 Å². The molecule has 0 aliphatic heterocycles. The van der Waals surface area contributed by atoms with E-state index in [4.69, 9.17) is 0 Å². The molecule has 2 nitrogen and oxygen atoms in total. The van der Waals surface area contributed by atoms with Gasteiger partial charge in [0.2, 0.25) is 0 Å². The first-order valence-electron chi connectivity index (χ1n) is 10.1. The van der Waals surface area contributed by atoms with Gasteiger partial charge in [-0.2, -0.15) is 0 Å². The maximum atomic E-state index is 3.39. The van der Waals surface area contributed by atoms with Gasteiger partial charge in [-0.1, -0.05) is 48.9 Å². The van der Waals surface area contributed by atoms with E-state index in [1.165, 1.54) is 44.1 Å². The summed E-state index contributed by atoms with van der Waals surface area (Å²) in [6.45, 7) is 6.78. The zero-order valence-electron chi connectivity index (χ0n) is 16.7. The lowest BCUT2D eigenvalue weighted by Crippen LogP contribution is -2.14. The molecule has 0 saturated carbocycles. The second-order valence-electron chi connectivity index (χ2n) is 8.60. The van der Waals surface area contributed by atoms with Gasteiger partial charge >= 0.3 is 0 Å². The molecule has 2 heterocycles. The van der Waals surface area contributed by atoms with E-state index >= 15 is 0 Å². The molecule has 2 atom stereocenters. The Kier molecular flexibility index (Phi) is 3.83. The van der Waals surface area contributed by atoms with Gasteiger partial charge in [-0.05, 0) is 72.0 Å². The molecule has 5 rings (SSSR count). The minimum atomic E-state index is 0.0139. The average molecular weight is 367 g/mol. The van der Waals surface area contributed by atoms with Crippen molar-refractivity contribution in [3.05, 3.63) is 89.3 Å². The van der Waals surface area contributed by atoms with Crippen molar-refractivity contribution in [2.24, 2.45) is 0 Å². The zero-order valence-corrected chi connectivity index (χ0v) is 16.7. The quantitative estimate of drug-likeness (QED) is 0.363. The predicted molar refractivity (Wildman–Crippen MR) is 120 cm³/mol. The van der Waals surface area contributed by atoms with Crippen molar-refractivity contribution >= 4 is 27.9 Å². The molecule has 2 heteroatoms. The molecule has 0 amide bonds. The van der Waals surface area contributed by atoms with Crippen molar-refractivity contribution in [2.75, 3.05) is 0 Å². The second kappa shape index (κ2) is 6.27. The van der Waals surface area contributed by atoms with Gasteiger partial charge in [0.15, 0.2) is 0 Å². The van der Waals surface area contributed by atoms with Crippen LogP contribution in [0.3, 0.4) is 0 Å². The van der Waals surface area contributed by atoms with Gasteiger partial charge in [-0.15, -0.1) is 0 Å². The highest BCUT2D eigenvalue weighted by atomic mass is 14.7.